The van der Waals surface area contributed by atoms with E-state index >= 15 is 0 Å². The Morgan fingerprint density at radius 3 is 2.46 bits per heavy atom. The highest BCUT2D eigenvalue weighted by Crippen LogP contribution is 2.10. The average Bonchev–Trinajstić information content (AvgIpc) is 2.08. The summed E-state index contributed by atoms with van der Waals surface area (Å²) in [5, 5.41) is 17.5. The number of hydrogen-bond acceptors (Lipinski definition) is 3. The van der Waals surface area contributed by atoms with E-state index in [4.69, 9.17) is 15.9 Å². The van der Waals surface area contributed by atoms with Crippen molar-refractivity contribution < 1.29 is 15.0 Å². The summed E-state index contributed by atoms with van der Waals surface area (Å²) in [5.41, 5.74) is 6.12. The molecule has 70 valence electrons. The van der Waals surface area contributed by atoms with Gasteiger partial charge in [-0.1, -0.05) is 12.1 Å². The van der Waals surface area contributed by atoms with E-state index in [1.807, 2.05) is 0 Å². The molecule has 0 aliphatic rings. The summed E-state index contributed by atoms with van der Waals surface area (Å²) in [6, 6.07) is 5.42. The highest BCUT2D eigenvalue weighted by Gasteiger charge is 2.11. The molecule has 0 spiro atoms. The molecular weight excluding hydrogens is 172 g/mol. The van der Waals surface area contributed by atoms with E-state index in [1.54, 1.807) is 12.1 Å². The molecular formula is C9H11NO3. The highest BCUT2D eigenvalue weighted by atomic mass is 18.2. The molecule has 0 radical (unpaired) electrons. The van der Waals surface area contributed by atoms with Gasteiger partial charge in [0.15, 0.2) is 0 Å². The van der Waals surface area contributed by atoms with Crippen molar-refractivity contribution in [2.45, 2.75) is 12.5 Å². The monoisotopic (exact) mass is 183 g/mol. The average molecular weight is 183 g/mol. The van der Waals surface area contributed by atoms with Crippen molar-refractivity contribution in [3.8, 4) is 5.75 Å². The van der Waals surface area contributed by atoms with Crippen LogP contribution in [0.2, 0.25) is 0 Å². The Morgan fingerprint density at radius 1 is 1.46 bits per heavy atom. The largest absolute Gasteiger partial charge is 0.508 e. The molecule has 1 unspecified atom stereocenters. The van der Waals surface area contributed by atoms with E-state index in [0.717, 1.165) is 5.56 Å². The Hall–Kier alpha value is -1.55. The molecule has 0 saturated heterocycles. The molecule has 4 heteroatoms. The second-order valence-corrected chi connectivity index (χ2v) is 2.82. The van der Waals surface area contributed by atoms with Crippen LogP contribution in [0.1, 0.15) is 5.56 Å². The first kappa shape index (κ1) is 9.54. The first-order valence-corrected chi connectivity index (χ1v) is 3.86. The molecule has 0 aromatic heterocycles. The van der Waals surface area contributed by atoms with Gasteiger partial charge in [-0.3, -0.25) is 4.79 Å². The summed E-state index contributed by atoms with van der Waals surface area (Å²) >= 11 is 0. The Balaban J connectivity index is 2.64. The van der Waals surface area contributed by atoms with Crippen LogP contribution in [0.25, 0.3) is 0 Å². The molecule has 1 atom stereocenters. The zero-order chi connectivity index (χ0) is 9.84. The fourth-order valence-corrected chi connectivity index (χ4v) is 0.973. The number of benzene rings is 1. The maximum Gasteiger partial charge on any atom is 0.320 e. The zero-order valence-corrected chi connectivity index (χ0v) is 6.97. The third kappa shape index (κ3) is 2.76. The number of rotatable bonds is 3. The normalized spacial score (nSPS) is 12.4. The summed E-state index contributed by atoms with van der Waals surface area (Å²) in [6.45, 7) is 0. The summed E-state index contributed by atoms with van der Waals surface area (Å²) < 4.78 is 0. The molecule has 4 nitrogen and oxygen atoms in total. The minimum absolute atomic E-state index is 0.160. The lowest BCUT2D eigenvalue weighted by atomic mass is 10.1. The number of carboxylic acids is 1. The Bertz CT molecular complexity index is 294. The van der Waals surface area contributed by atoms with Crippen molar-refractivity contribution in [1.29, 1.82) is 0 Å². The number of nitrogens with two attached hydrogens (primary N) is 1. The number of aliphatic carboxylic acids is 1. The molecule has 0 fully saturated rings. The molecule has 1 aromatic rings. The molecule has 0 bridgehead atoms. The van der Waals surface area contributed by atoms with Crippen molar-refractivity contribution in [2.24, 2.45) is 5.73 Å². The van der Waals surface area contributed by atoms with Gasteiger partial charge >= 0.3 is 5.97 Å². The van der Waals surface area contributed by atoms with E-state index in [-0.39, 0.29) is 12.2 Å². The molecule has 4 N–H and O–H groups in total. The summed E-state index contributed by atoms with van der Waals surface area (Å²) in [4.78, 5) is 10.4. The summed E-state index contributed by atoms with van der Waals surface area (Å²) in [6.07, 6.45) is 0.273. The van der Waals surface area contributed by atoms with Gasteiger partial charge in [-0.05, 0) is 24.1 Å². The predicted molar refractivity (Wildman–Crippen MR) is 47.4 cm³/mol. The first-order valence-electron chi connectivity index (χ1n) is 3.86. The molecule has 0 aliphatic carbocycles. The van der Waals surface area contributed by atoms with Gasteiger partial charge in [-0.25, -0.2) is 0 Å². The van der Waals surface area contributed by atoms with E-state index in [1.165, 1.54) is 12.1 Å². The van der Waals surface area contributed by atoms with Gasteiger partial charge in [0.05, 0.1) is 0 Å². The molecule has 1 rings (SSSR count). The van der Waals surface area contributed by atoms with E-state index in [0.29, 0.717) is 0 Å². The SMILES string of the molecule is NC(Cc1ccc([18OH])cc1)C(=O)O. The number of carbonyl (C=O) groups is 1. The maximum atomic E-state index is 10.4. The predicted octanol–water partition coefficient (Wildman–Crippen LogP) is 0.347. The third-order valence-electron chi connectivity index (χ3n) is 1.71. The molecule has 13 heavy (non-hydrogen) atoms. The van der Waals surface area contributed by atoms with Gasteiger partial charge in [-0.2, -0.15) is 0 Å². The van der Waals surface area contributed by atoms with Gasteiger partial charge in [0.1, 0.15) is 11.8 Å². The lowest BCUT2D eigenvalue weighted by molar-refractivity contribution is -0.138. The Labute approximate surface area is 75.6 Å². The fourth-order valence-electron chi connectivity index (χ4n) is 0.973. The smallest absolute Gasteiger partial charge is 0.320 e. The molecule has 0 aliphatic heterocycles. The lowest BCUT2D eigenvalue weighted by Gasteiger charge is -2.05. The number of carboxylic acid groups (broad SMARTS) is 1. The maximum absolute atomic E-state index is 10.4. The van der Waals surface area contributed by atoms with Gasteiger partial charge in [0, 0.05) is 0 Å². The minimum Gasteiger partial charge on any atom is -0.508 e. The van der Waals surface area contributed by atoms with Gasteiger partial charge in [-0.15, -0.1) is 0 Å². The number of aromatic hydroxyl groups is 1. The third-order valence-corrected chi connectivity index (χ3v) is 1.71. The van der Waals surface area contributed by atoms with Crippen molar-refractivity contribution in [3.05, 3.63) is 29.8 Å². The van der Waals surface area contributed by atoms with E-state index in [2.05, 4.69) is 0 Å². The van der Waals surface area contributed by atoms with E-state index in [9.17, 15) is 4.79 Å². The fraction of sp³-hybridized carbons (Fsp3) is 0.222. The van der Waals surface area contributed by atoms with Gasteiger partial charge in [0.25, 0.3) is 0 Å². The number of phenolic OH excluding ortho intramolecular Hbond substituents is 1. The van der Waals surface area contributed by atoms with Crippen LogP contribution in [0.4, 0.5) is 0 Å². The molecule has 1 aromatic carbocycles. The standard InChI is InChI=1S/C9H11NO3/c10-8(9(12)13)5-6-1-3-7(11)4-2-6/h1-4,8,11H,5,10H2,(H,12,13)/i11+2. The number of phenols is 1. The van der Waals surface area contributed by atoms with Crippen molar-refractivity contribution >= 4 is 5.97 Å². The molecule has 0 saturated carbocycles. The van der Waals surface area contributed by atoms with Crippen LogP contribution >= 0.6 is 0 Å². The van der Waals surface area contributed by atoms with Crippen LogP contribution in [-0.2, 0) is 11.2 Å². The van der Waals surface area contributed by atoms with Crippen LogP contribution in [-0.4, -0.2) is 22.2 Å². The minimum atomic E-state index is -1.02. The van der Waals surface area contributed by atoms with Crippen molar-refractivity contribution in [2.75, 3.05) is 0 Å². The topological polar surface area (TPSA) is 83.5 Å². The highest BCUT2D eigenvalue weighted by molar-refractivity contribution is 5.73. The zero-order valence-electron chi connectivity index (χ0n) is 6.97. The second-order valence-electron chi connectivity index (χ2n) is 2.82. The van der Waals surface area contributed by atoms with Gasteiger partial charge < -0.3 is 15.9 Å². The number of hydrogen-bond donors (Lipinski definition) is 3. The van der Waals surface area contributed by atoms with Crippen LogP contribution in [0, 0.1) is 0 Å². The Morgan fingerprint density at radius 2 is 2.00 bits per heavy atom. The van der Waals surface area contributed by atoms with Crippen LogP contribution in [0.5, 0.6) is 5.75 Å². The van der Waals surface area contributed by atoms with E-state index < -0.39 is 12.0 Å². The Kier molecular flexibility index (Phi) is 2.87. The van der Waals surface area contributed by atoms with Crippen molar-refractivity contribution in [3.63, 3.8) is 0 Å². The second kappa shape index (κ2) is 3.91. The summed E-state index contributed by atoms with van der Waals surface area (Å²) in [5.74, 6) is -0.860. The van der Waals surface area contributed by atoms with Crippen molar-refractivity contribution in [1.82, 2.24) is 0 Å². The summed E-state index contributed by atoms with van der Waals surface area (Å²) in [7, 11) is 0. The van der Waals surface area contributed by atoms with Crippen LogP contribution < -0.4 is 5.73 Å². The first-order chi connectivity index (χ1) is 6.09. The lowest BCUT2D eigenvalue weighted by Crippen LogP contribution is -2.32. The quantitative estimate of drug-likeness (QED) is 0.590. The van der Waals surface area contributed by atoms with Crippen LogP contribution in [0.3, 0.4) is 0 Å². The van der Waals surface area contributed by atoms with Crippen LogP contribution in [0.15, 0.2) is 24.3 Å². The van der Waals surface area contributed by atoms with Gasteiger partial charge in [0.2, 0.25) is 0 Å². The molecule has 0 amide bonds. The molecule has 0 heterocycles.